The number of aromatic nitrogens is 4. The number of carbonyl (C=O) groups excluding carboxylic acids is 1. The first-order valence-corrected chi connectivity index (χ1v) is 9.13. The zero-order valence-electron chi connectivity index (χ0n) is 17.4. The molecule has 1 N–H and O–H groups in total. The molecule has 0 unspecified atom stereocenters. The third-order valence-corrected chi connectivity index (χ3v) is 4.15. The topological polar surface area (TPSA) is 114 Å². The molecule has 1 aromatic carbocycles. The van der Waals surface area contributed by atoms with Crippen LogP contribution in [0.4, 0.5) is 6.01 Å². The van der Waals surface area contributed by atoms with E-state index >= 15 is 0 Å². The van der Waals surface area contributed by atoms with E-state index < -0.39 is 5.91 Å². The number of amides is 1. The number of methoxy groups -OCH3 is 3. The van der Waals surface area contributed by atoms with Gasteiger partial charge in [0.05, 0.1) is 21.3 Å². The van der Waals surface area contributed by atoms with Gasteiger partial charge in [-0.2, -0.15) is 5.10 Å². The van der Waals surface area contributed by atoms with Crippen molar-refractivity contribution in [3.8, 4) is 28.8 Å². The monoisotopic (exact) mass is 413 g/mol. The lowest BCUT2D eigenvalue weighted by Gasteiger charge is -2.12. The largest absolute Gasteiger partial charge is 0.493 e. The molecule has 0 aliphatic heterocycles. The van der Waals surface area contributed by atoms with Gasteiger partial charge in [-0.25, -0.2) is 0 Å². The lowest BCUT2D eigenvalue weighted by atomic mass is 10.1. The molecule has 3 aromatic rings. The van der Waals surface area contributed by atoms with Crippen molar-refractivity contribution in [1.82, 2.24) is 20.0 Å². The molecule has 1 amide bonds. The Kier molecular flexibility index (Phi) is 6.35. The van der Waals surface area contributed by atoms with E-state index in [2.05, 4.69) is 20.6 Å². The van der Waals surface area contributed by atoms with Gasteiger partial charge in [0.15, 0.2) is 11.5 Å². The lowest BCUT2D eigenvalue weighted by molar-refractivity contribution is -0.112. The summed E-state index contributed by atoms with van der Waals surface area (Å²) in [7, 11) is 4.57. The number of rotatable bonds is 8. The maximum absolute atomic E-state index is 12.3. The molecule has 0 atom stereocenters. The molecule has 0 fully saturated rings. The molecule has 0 bridgehead atoms. The van der Waals surface area contributed by atoms with Crippen molar-refractivity contribution in [2.75, 3.05) is 26.6 Å². The Morgan fingerprint density at radius 2 is 1.83 bits per heavy atom. The van der Waals surface area contributed by atoms with E-state index in [4.69, 9.17) is 18.6 Å². The standard InChI is InChI=1S/C20H23N5O5/c1-12(2)25-14(8-9-21-25)19-23-24-20(30-19)22-17(26)7-6-13-10-15(27-3)18(29-5)16(11-13)28-4/h6-12H,1-5H3,(H,22,24,26)/b7-6+. The molecule has 0 radical (unpaired) electrons. The van der Waals surface area contributed by atoms with Crippen LogP contribution < -0.4 is 19.5 Å². The van der Waals surface area contributed by atoms with Gasteiger partial charge in [0, 0.05) is 18.3 Å². The van der Waals surface area contributed by atoms with E-state index in [-0.39, 0.29) is 17.9 Å². The number of ether oxygens (including phenoxy) is 3. The van der Waals surface area contributed by atoms with Gasteiger partial charge < -0.3 is 18.6 Å². The maximum Gasteiger partial charge on any atom is 0.322 e. The first-order chi connectivity index (χ1) is 14.5. The molecule has 0 saturated carbocycles. The van der Waals surface area contributed by atoms with Crippen molar-refractivity contribution < 1.29 is 23.4 Å². The Bertz CT molecular complexity index is 1030. The lowest BCUT2D eigenvalue weighted by Crippen LogP contribution is -2.08. The van der Waals surface area contributed by atoms with Crippen LogP contribution in [0.3, 0.4) is 0 Å². The van der Waals surface area contributed by atoms with Gasteiger partial charge in [0.25, 0.3) is 11.8 Å². The number of anilines is 1. The smallest absolute Gasteiger partial charge is 0.322 e. The van der Waals surface area contributed by atoms with Crippen LogP contribution in [0.1, 0.15) is 25.5 Å². The summed E-state index contributed by atoms with van der Waals surface area (Å²) in [4.78, 5) is 12.3. The zero-order chi connectivity index (χ0) is 21.7. The fourth-order valence-corrected chi connectivity index (χ4v) is 2.79. The van der Waals surface area contributed by atoms with Crippen LogP contribution in [0.2, 0.25) is 0 Å². The van der Waals surface area contributed by atoms with Crippen LogP contribution in [0.25, 0.3) is 17.7 Å². The summed E-state index contributed by atoms with van der Waals surface area (Å²) in [6.45, 7) is 3.98. The highest BCUT2D eigenvalue weighted by Gasteiger charge is 2.16. The molecular formula is C20H23N5O5. The van der Waals surface area contributed by atoms with Crippen molar-refractivity contribution in [3.05, 3.63) is 36.0 Å². The van der Waals surface area contributed by atoms with Gasteiger partial charge in [-0.15, -0.1) is 5.10 Å². The minimum atomic E-state index is -0.434. The highest BCUT2D eigenvalue weighted by molar-refractivity contribution is 6.00. The summed E-state index contributed by atoms with van der Waals surface area (Å²) in [5.74, 6) is 1.28. The van der Waals surface area contributed by atoms with E-state index in [0.29, 0.717) is 28.5 Å². The average molecular weight is 413 g/mol. The first-order valence-electron chi connectivity index (χ1n) is 9.13. The van der Waals surface area contributed by atoms with Crippen molar-refractivity contribution in [3.63, 3.8) is 0 Å². The molecule has 30 heavy (non-hydrogen) atoms. The molecular weight excluding hydrogens is 390 g/mol. The van der Waals surface area contributed by atoms with E-state index in [1.54, 1.807) is 35.2 Å². The van der Waals surface area contributed by atoms with Crippen LogP contribution in [0, 0.1) is 0 Å². The number of nitrogens with zero attached hydrogens (tertiary/aromatic N) is 4. The fourth-order valence-electron chi connectivity index (χ4n) is 2.79. The summed E-state index contributed by atoms with van der Waals surface area (Å²) in [5, 5.41) is 14.6. The van der Waals surface area contributed by atoms with E-state index in [9.17, 15) is 4.79 Å². The maximum atomic E-state index is 12.3. The molecule has 158 valence electrons. The normalized spacial score (nSPS) is 11.1. The quantitative estimate of drug-likeness (QED) is 0.560. The Labute approximate surface area is 173 Å². The molecule has 10 heteroatoms. The molecule has 2 heterocycles. The van der Waals surface area contributed by atoms with Gasteiger partial charge in [0.2, 0.25) is 5.75 Å². The second-order valence-electron chi connectivity index (χ2n) is 6.45. The van der Waals surface area contributed by atoms with E-state index in [1.807, 2.05) is 13.8 Å². The fraction of sp³-hybridized carbons (Fsp3) is 0.300. The third kappa shape index (κ3) is 4.43. The van der Waals surface area contributed by atoms with Crippen molar-refractivity contribution >= 4 is 18.0 Å². The molecule has 10 nitrogen and oxygen atoms in total. The van der Waals surface area contributed by atoms with Gasteiger partial charge in [0.1, 0.15) is 5.69 Å². The van der Waals surface area contributed by atoms with Gasteiger partial charge in [-0.1, -0.05) is 5.10 Å². The Morgan fingerprint density at radius 1 is 1.13 bits per heavy atom. The minimum Gasteiger partial charge on any atom is -0.493 e. The number of nitrogens with one attached hydrogen (secondary N) is 1. The summed E-state index contributed by atoms with van der Waals surface area (Å²) in [6, 6.07) is 5.33. The summed E-state index contributed by atoms with van der Waals surface area (Å²) < 4.78 is 23.2. The van der Waals surface area contributed by atoms with Gasteiger partial charge in [-0.3, -0.25) is 14.8 Å². The van der Waals surface area contributed by atoms with Crippen LogP contribution in [-0.4, -0.2) is 47.2 Å². The van der Waals surface area contributed by atoms with Crippen LogP contribution in [-0.2, 0) is 4.79 Å². The van der Waals surface area contributed by atoms with Crippen molar-refractivity contribution in [2.24, 2.45) is 0 Å². The van der Waals surface area contributed by atoms with Gasteiger partial charge in [-0.05, 0) is 43.7 Å². The van der Waals surface area contributed by atoms with E-state index in [1.165, 1.54) is 27.4 Å². The van der Waals surface area contributed by atoms with Gasteiger partial charge >= 0.3 is 6.01 Å². The number of carbonyl (C=O) groups is 1. The summed E-state index contributed by atoms with van der Waals surface area (Å²) in [5.41, 5.74) is 1.36. The second-order valence-corrected chi connectivity index (χ2v) is 6.45. The van der Waals surface area contributed by atoms with Crippen LogP contribution >= 0.6 is 0 Å². The zero-order valence-corrected chi connectivity index (χ0v) is 17.4. The predicted molar refractivity (Wildman–Crippen MR) is 110 cm³/mol. The minimum absolute atomic E-state index is 0.0129. The SMILES string of the molecule is COc1cc(/C=C/C(=O)Nc2nnc(-c3ccnn3C(C)C)o2)cc(OC)c1OC. The number of hydrogen-bond donors (Lipinski definition) is 1. The molecule has 0 saturated heterocycles. The molecule has 0 aliphatic carbocycles. The van der Waals surface area contributed by atoms with Crippen LogP contribution in [0.15, 0.2) is 34.9 Å². The first kappa shape index (κ1) is 20.9. The van der Waals surface area contributed by atoms with Crippen molar-refractivity contribution in [2.45, 2.75) is 19.9 Å². The molecule has 0 spiro atoms. The number of hydrogen-bond acceptors (Lipinski definition) is 8. The molecule has 3 rings (SSSR count). The van der Waals surface area contributed by atoms with Crippen LogP contribution in [0.5, 0.6) is 17.2 Å². The predicted octanol–water partition coefficient (Wildman–Crippen LogP) is 3.19. The van der Waals surface area contributed by atoms with Crippen molar-refractivity contribution in [1.29, 1.82) is 0 Å². The Morgan fingerprint density at radius 3 is 2.43 bits per heavy atom. The van der Waals surface area contributed by atoms with E-state index in [0.717, 1.165) is 0 Å². The summed E-state index contributed by atoms with van der Waals surface area (Å²) >= 11 is 0. The highest BCUT2D eigenvalue weighted by Crippen LogP contribution is 2.38. The highest BCUT2D eigenvalue weighted by atomic mass is 16.5. The summed E-state index contributed by atoms with van der Waals surface area (Å²) in [6.07, 6.45) is 4.59. The average Bonchev–Trinajstić information content (AvgIpc) is 3.40. The molecule has 2 aromatic heterocycles. The Hall–Kier alpha value is -3.82. The second kappa shape index (κ2) is 9.12. The molecule has 0 aliphatic rings. The number of benzene rings is 1. The Balaban J connectivity index is 1.73. The third-order valence-electron chi connectivity index (χ3n) is 4.15.